The quantitative estimate of drug-likeness (QED) is 0.700. The molecule has 1 heterocycles. The average Bonchev–Trinajstić information content (AvgIpc) is 2.79. The molecule has 120 valence electrons. The molecule has 1 aromatic heterocycles. The average molecular weight is 330 g/mol. The number of carboxylic acids is 1. The second-order valence-corrected chi connectivity index (χ2v) is 5.83. The molecule has 0 aromatic carbocycles. The number of aliphatic hydroxyl groups is 1. The first-order valence-corrected chi connectivity index (χ1v) is 7.15. The van der Waals surface area contributed by atoms with Gasteiger partial charge in [0.1, 0.15) is 10.6 Å². The van der Waals surface area contributed by atoms with Gasteiger partial charge in [0, 0.05) is 19.3 Å². The molecule has 0 aliphatic heterocycles. The molecule has 1 unspecified atom stereocenters. The van der Waals surface area contributed by atoms with E-state index >= 15 is 0 Å². The summed E-state index contributed by atoms with van der Waals surface area (Å²) in [5, 5.41) is 17.6. The van der Waals surface area contributed by atoms with Crippen LogP contribution < -0.4 is 4.72 Å². The van der Waals surface area contributed by atoms with Crippen LogP contribution in [0, 0.1) is 0 Å². The minimum Gasteiger partial charge on any atom is -0.477 e. The second-order valence-electron chi connectivity index (χ2n) is 4.06. The minimum atomic E-state index is -4.95. The third-order valence-electron chi connectivity index (χ3n) is 2.59. The third kappa shape index (κ3) is 4.19. The van der Waals surface area contributed by atoms with Gasteiger partial charge in [-0.25, -0.2) is 17.9 Å². The number of nitrogens with one attached hydrogen (secondary N) is 1. The molecule has 1 aromatic rings. The number of aromatic carboxylic acids is 1. The van der Waals surface area contributed by atoms with Crippen molar-refractivity contribution in [3.8, 4) is 0 Å². The largest absolute Gasteiger partial charge is 0.477 e. The minimum absolute atomic E-state index is 0.169. The van der Waals surface area contributed by atoms with Crippen LogP contribution >= 0.6 is 0 Å². The van der Waals surface area contributed by atoms with Gasteiger partial charge in [-0.3, -0.25) is 0 Å². The summed E-state index contributed by atoms with van der Waals surface area (Å²) in [5.41, 5.74) is -0.311. The van der Waals surface area contributed by atoms with E-state index in [4.69, 9.17) is 10.2 Å². The van der Waals surface area contributed by atoms with Crippen molar-refractivity contribution >= 4 is 16.0 Å². The molecule has 21 heavy (non-hydrogen) atoms. The fourth-order valence-electron chi connectivity index (χ4n) is 1.46. The number of rotatable bonds is 6. The van der Waals surface area contributed by atoms with Crippen LogP contribution in [0.2, 0.25) is 0 Å². The number of hydrogen-bond acceptors (Lipinski definition) is 4. The van der Waals surface area contributed by atoms with Crippen LogP contribution in [0.4, 0.5) is 13.2 Å². The van der Waals surface area contributed by atoms with Crippen LogP contribution in [0.1, 0.15) is 17.4 Å². The Labute approximate surface area is 118 Å². The Morgan fingerprint density at radius 2 is 2.05 bits per heavy atom. The van der Waals surface area contributed by atoms with Gasteiger partial charge in [-0.15, -0.1) is 0 Å². The number of nitrogens with zero attached hydrogens (tertiary/aromatic N) is 1. The molecule has 0 amide bonds. The summed E-state index contributed by atoms with van der Waals surface area (Å²) in [6, 6.07) is 0.828. The highest BCUT2D eigenvalue weighted by molar-refractivity contribution is 7.89. The topological polar surface area (TPSA) is 109 Å². The van der Waals surface area contributed by atoms with E-state index in [1.54, 1.807) is 11.6 Å². The first-order valence-electron chi connectivity index (χ1n) is 5.67. The standard InChI is InChI=1S/C10H13F3N2O5S/c1-2-15-5-6(3-7(15)9(17)18)21(19,20)14-4-8(16)10(11,12)13/h3,5,8,14,16H,2,4H2,1H3,(H,17,18). The number of aliphatic hydroxyl groups excluding tert-OH is 1. The van der Waals surface area contributed by atoms with E-state index in [9.17, 15) is 26.4 Å². The zero-order valence-corrected chi connectivity index (χ0v) is 11.6. The molecular weight excluding hydrogens is 317 g/mol. The van der Waals surface area contributed by atoms with Gasteiger partial charge in [-0.1, -0.05) is 0 Å². The molecule has 1 atom stereocenters. The number of alkyl halides is 3. The Morgan fingerprint density at radius 1 is 1.48 bits per heavy atom. The van der Waals surface area contributed by atoms with Crippen molar-refractivity contribution in [2.75, 3.05) is 6.54 Å². The van der Waals surface area contributed by atoms with Crippen molar-refractivity contribution in [3.05, 3.63) is 18.0 Å². The molecule has 3 N–H and O–H groups in total. The van der Waals surface area contributed by atoms with Gasteiger partial charge >= 0.3 is 12.1 Å². The van der Waals surface area contributed by atoms with Crippen molar-refractivity contribution in [3.63, 3.8) is 0 Å². The van der Waals surface area contributed by atoms with Crippen molar-refractivity contribution < 1.29 is 36.6 Å². The fourth-order valence-corrected chi connectivity index (χ4v) is 2.54. The Morgan fingerprint density at radius 3 is 2.43 bits per heavy atom. The van der Waals surface area contributed by atoms with E-state index < -0.39 is 39.7 Å². The van der Waals surface area contributed by atoms with Gasteiger partial charge in [0.05, 0.1) is 0 Å². The molecular formula is C10H13F3N2O5S. The van der Waals surface area contributed by atoms with E-state index in [1.165, 1.54) is 0 Å². The molecule has 0 saturated heterocycles. The molecule has 0 radical (unpaired) electrons. The summed E-state index contributed by atoms with van der Waals surface area (Å²) in [5.74, 6) is -1.37. The molecule has 7 nitrogen and oxygen atoms in total. The Balaban J connectivity index is 2.96. The molecule has 1 rings (SSSR count). The highest BCUT2D eigenvalue weighted by Crippen LogP contribution is 2.20. The third-order valence-corrected chi connectivity index (χ3v) is 3.98. The van der Waals surface area contributed by atoms with Crippen LogP contribution in [0.5, 0.6) is 0 Å². The van der Waals surface area contributed by atoms with Gasteiger partial charge < -0.3 is 14.8 Å². The summed E-state index contributed by atoms with van der Waals surface area (Å²) in [6.45, 7) is 0.484. The van der Waals surface area contributed by atoms with E-state index in [0.717, 1.165) is 16.8 Å². The van der Waals surface area contributed by atoms with Gasteiger partial charge in [0.2, 0.25) is 10.0 Å². The summed E-state index contributed by atoms with van der Waals surface area (Å²) >= 11 is 0. The molecule has 0 aliphatic carbocycles. The normalized spacial score (nSPS) is 14.1. The summed E-state index contributed by atoms with van der Waals surface area (Å²) < 4.78 is 62.5. The van der Waals surface area contributed by atoms with Gasteiger partial charge in [0.15, 0.2) is 6.10 Å². The predicted molar refractivity (Wildman–Crippen MR) is 64.3 cm³/mol. The molecule has 0 saturated carbocycles. The molecule has 0 aliphatic rings. The molecule has 0 bridgehead atoms. The summed E-state index contributed by atoms with van der Waals surface area (Å²) in [4.78, 5) is 10.4. The maximum atomic E-state index is 12.1. The van der Waals surface area contributed by atoms with Gasteiger partial charge in [-0.2, -0.15) is 13.2 Å². The van der Waals surface area contributed by atoms with E-state index in [1.807, 2.05) is 0 Å². The smallest absolute Gasteiger partial charge is 0.415 e. The maximum Gasteiger partial charge on any atom is 0.415 e. The molecule has 0 spiro atoms. The highest BCUT2D eigenvalue weighted by atomic mass is 32.2. The second kappa shape index (κ2) is 6.03. The Hall–Kier alpha value is -1.59. The van der Waals surface area contributed by atoms with E-state index in [0.29, 0.717) is 0 Å². The van der Waals surface area contributed by atoms with Crippen LogP contribution in [-0.2, 0) is 16.6 Å². The fraction of sp³-hybridized carbons (Fsp3) is 0.500. The zero-order valence-electron chi connectivity index (χ0n) is 10.8. The highest BCUT2D eigenvalue weighted by Gasteiger charge is 2.38. The first-order chi connectivity index (χ1) is 9.49. The number of carbonyl (C=O) groups is 1. The number of sulfonamides is 1. The summed E-state index contributed by atoms with van der Waals surface area (Å²) in [6.07, 6.45) is -6.81. The number of halogens is 3. The lowest BCUT2D eigenvalue weighted by Crippen LogP contribution is -2.40. The van der Waals surface area contributed by atoms with Crippen LogP contribution in [0.3, 0.4) is 0 Å². The van der Waals surface area contributed by atoms with Gasteiger partial charge in [0.25, 0.3) is 0 Å². The SMILES string of the molecule is CCn1cc(S(=O)(=O)NCC(O)C(F)(F)F)cc1C(=O)O. The molecule has 11 heteroatoms. The van der Waals surface area contributed by atoms with Gasteiger partial charge in [-0.05, 0) is 13.0 Å². The Bertz CT molecular complexity index is 623. The van der Waals surface area contributed by atoms with Crippen LogP contribution in [0.15, 0.2) is 17.2 Å². The number of aryl methyl sites for hydroxylation is 1. The van der Waals surface area contributed by atoms with Crippen molar-refractivity contribution in [1.82, 2.24) is 9.29 Å². The zero-order chi connectivity index (χ0) is 16.4. The number of hydrogen-bond donors (Lipinski definition) is 3. The van der Waals surface area contributed by atoms with Crippen LogP contribution in [0.25, 0.3) is 0 Å². The van der Waals surface area contributed by atoms with E-state index in [2.05, 4.69) is 0 Å². The first kappa shape index (κ1) is 17.5. The van der Waals surface area contributed by atoms with E-state index in [-0.39, 0.29) is 12.2 Å². The van der Waals surface area contributed by atoms with Crippen molar-refractivity contribution in [1.29, 1.82) is 0 Å². The number of aromatic nitrogens is 1. The predicted octanol–water partition coefficient (Wildman–Crippen LogP) is 0.408. The van der Waals surface area contributed by atoms with Crippen molar-refractivity contribution in [2.45, 2.75) is 30.6 Å². The maximum absolute atomic E-state index is 12.1. The monoisotopic (exact) mass is 330 g/mol. The lowest BCUT2D eigenvalue weighted by atomic mass is 10.4. The van der Waals surface area contributed by atoms with Crippen molar-refractivity contribution in [2.24, 2.45) is 0 Å². The lowest BCUT2D eigenvalue weighted by Gasteiger charge is -2.14. The summed E-state index contributed by atoms with van der Waals surface area (Å²) in [7, 11) is -4.36. The number of carboxylic acid groups (broad SMARTS) is 1. The Kier molecular flexibility index (Phi) is 5.02. The van der Waals surface area contributed by atoms with Crippen LogP contribution in [-0.4, -0.2) is 48.0 Å². The molecule has 0 fully saturated rings. The lowest BCUT2D eigenvalue weighted by molar-refractivity contribution is -0.200.